The number of hydrogen-bond acceptors (Lipinski definition) is 3. The van der Waals surface area contributed by atoms with Gasteiger partial charge >= 0.3 is 5.97 Å². The van der Waals surface area contributed by atoms with E-state index in [9.17, 15) is 4.79 Å². The Hall–Kier alpha value is -2.14. The summed E-state index contributed by atoms with van der Waals surface area (Å²) in [5.74, 6) is -0.448. The Kier molecular flexibility index (Phi) is 2.93. The summed E-state index contributed by atoms with van der Waals surface area (Å²) < 4.78 is 0. The predicted molar refractivity (Wildman–Crippen MR) is 63.6 cm³/mol. The SMILES string of the molecule is Cc1nc(-c2ccccc2CN)c(C(=O)O)[nH]1. The molecular formula is C12H13N3O2. The van der Waals surface area contributed by atoms with E-state index in [2.05, 4.69) is 9.97 Å². The molecule has 1 aromatic carbocycles. The Morgan fingerprint density at radius 3 is 2.82 bits per heavy atom. The summed E-state index contributed by atoms with van der Waals surface area (Å²) in [6.07, 6.45) is 0. The third-order valence-electron chi connectivity index (χ3n) is 2.53. The van der Waals surface area contributed by atoms with Gasteiger partial charge < -0.3 is 15.8 Å². The van der Waals surface area contributed by atoms with Crippen molar-refractivity contribution < 1.29 is 9.90 Å². The zero-order valence-corrected chi connectivity index (χ0v) is 9.40. The number of nitrogens with two attached hydrogens (primary N) is 1. The quantitative estimate of drug-likeness (QED) is 0.747. The average Bonchev–Trinajstić information content (AvgIpc) is 2.71. The van der Waals surface area contributed by atoms with Gasteiger partial charge in [0.05, 0.1) is 0 Å². The number of nitrogens with one attached hydrogen (secondary N) is 1. The molecule has 0 aliphatic heterocycles. The first-order valence-corrected chi connectivity index (χ1v) is 5.21. The predicted octanol–water partition coefficient (Wildman–Crippen LogP) is 1.54. The molecule has 0 atom stereocenters. The van der Waals surface area contributed by atoms with Crippen molar-refractivity contribution in [1.29, 1.82) is 0 Å². The van der Waals surface area contributed by atoms with Crippen molar-refractivity contribution in [2.45, 2.75) is 13.5 Å². The number of carbonyl (C=O) groups is 1. The summed E-state index contributed by atoms with van der Waals surface area (Å²) >= 11 is 0. The van der Waals surface area contributed by atoms with Crippen LogP contribution in [0.15, 0.2) is 24.3 Å². The number of H-pyrrole nitrogens is 1. The van der Waals surface area contributed by atoms with Gasteiger partial charge in [0.15, 0.2) is 5.69 Å². The van der Waals surface area contributed by atoms with Crippen LogP contribution < -0.4 is 5.73 Å². The van der Waals surface area contributed by atoms with E-state index in [1.807, 2.05) is 24.3 Å². The Labute approximate surface area is 98.3 Å². The minimum Gasteiger partial charge on any atom is -0.477 e. The second-order valence-corrected chi connectivity index (χ2v) is 3.71. The number of carboxylic acid groups (broad SMARTS) is 1. The molecule has 0 bridgehead atoms. The molecule has 0 saturated heterocycles. The number of benzene rings is 1. The van der Waals surface area contributed by atoms with Crippen LogP contribution in [0.1, 0.15) is 21.9 Å². The molecule has 2 aromatic rings. The first kappa shape index (κ1) is 11.3. The van der Waals surface area contributed by atoms with Crippen LogP contribution in [0.4, 0.5) is 0 Å². The molecule has 5 nitrogen and oxygen atoms in total. The second kappa shape index (κ2) is 4.39. The number of imidazole rings is 1. The normalized spacial score (nSPS) is 10.5. The number of aromatic carboxylic acids is 1. The number of aryl methyl sites for hydroxylation is 1. The van der Waals surface area contributed by atoms with Gasteiger partial charge in [-0.25, -0.2) is 9.78 Å². The molecule has 0 radical (unpaired) electrons. The van der Waals surface area contributed by atoms with Gasteiger partial charge in [-0.1, -0.05) is 24.3 Å². The molecule has 0 aliphatic carbocycles. The van der Waals surface area contributed by atoms with Gasteiger partial charge in [0.1, 0.15) is 11.5 Å². The van der Waals surface area contributed by atoms with E-state index < -0.39 is 5.97 Å². The van der Waals surface area contributed by atoms with Crippen LogP contribution >= 0.6 is 0 Å². The van der Waals surface area contributed by atoms with Gasteiger partial charge in [-0.05, 0) is 12.5 Å². The lowest BCUT2D eigenvalue weighted by Gasteiger charge is -2.05. The molecule has 17 heavy (non-hydrogen) atoms. The molecule has 1 aromatic heterocycles. The Morgan fingerprint density at radius 1 is 1.47 bits per heavy atom. The van der Waals surface area contributed by atoms with Gasteiger partial charge in [-0.15, -0.1) is 0 Å². The molecule has 4 N–H and O–H groups in total. The van der Waals surface area contributed by atoms with Gasteiger partial charge in [0, 0.05) is 12.1 Å². The number of carboxylic acids is 1. The number of nitrogens with zero attached hydrogens (tertiary/aromatic N) is 1. The summed E-state index contributed by atoms with van der Waals surface area (Å²) in [6, 6.07) is 7.39. The summed E-state index contributed by atoms with van der Waals surface area (Å²) in [6.45, 7) is 2.07. The molecule has 2 rings (SSSR count). The van der Waals surface area contributed by atoms with E-state index in [1.165, 1.54) is 0 Å². The van der Waals surface area contributed by atoms with E-state index in [4.69, 9.17) is 10.8 Å². The maximum Gasteiger partial charge on any atom is 0.354 e. The van der Waals surface area contributed by atoms with E-state index in [1.54, 1.807) is 6.92 Å². The van der Waals surface area contributed by atoms with Crippen LogP contribution in [0.3, 0.4) is 0 Å². The Balaban J connectivity index is 2.63. The zero-order chi connectivity index (χ0) is 12.4. The van der Waals surface area contributed by atoms with Crippen LogP contribution in [-0.2, 0) is 6.54 Å². The van der Waals surface area contributed by atoms with Crippen molar-refractivity contribution in [3.8, 4) is 11.3 Å². The highest BCUT2D eigenvalue weighted by atomic mass is 16.4. The molecule has 88 valence electrons. The second-order valence-electron chi connectivity index (χ2n) is 3.71. The highest BCUT2D eigenvalue weighted by Gasteiger charge is 2.18. The standard InChI is InChI=1S/C12H13N3O2/c1-7-14-10(11(15-7)12(16)17)9-5-3-2-4-8(9)6-13/h2-5H,6,13H2,1H3,(H,14,15)(H,16,17). The minimum atomic E-state index is -1.02. The fourth-order valence-electron chi connectivity index (χ4n) is 1.77. The summed E-state index contributed by atoms with van der Waals surface area (Å²) in [7, 11) is 0. The monoisotopic (exact) mass is 231 g/mol. The number of aromatic amines is 1. The van der Waals surface area contributed by atoms with E-state index in [0.717, 1.165) is 11.1 Å². The summed E-state index contributed by atoms with van der Waals surface area (Å²) in [4.78, 5) is 18.1. The third kappa shape index (κ3) is 2.05. The lowest BCUT2D eigenvalue weighted by Crippen LogP contribution is -2.03. The average molecular weight is 231 g/mol. The molecule has 0 unspecified atom stereocenters. The first-order chi connectivity index (χ1) is 8.13. The third-order valence-corrected chi connectivity index (χ3v) is 2.53. The van der Waals surface area contributed by atoms with Crippen molar-refractivity contribution in [2.24, 2.45) is 5.73 Å². The number of hydrogen-bond donors (Lipinski definition) is 3. The smallest absolute Gasteiger partial charge is 0.354 e. The topological polar surface area (TPSA) is 92.0 Å². The number of rotatable bonds is 3. The zero-order valence-electron chi connectivity index (χ0n) is 9.40. The molecule has 0 saturated carbocycles. The van der Waals surface area contributed by atoms with Crippen molar-refractivity contribution in [3.05, 3.63) is 41.3 Å². The van der Waals surface area contributed by atoms with E-state index in [0.29, 0.717) is 18.1 Å². The molecule has 0 spiro atoms. The molecule has 5 heteroatoms. The van der Waals surface area contributed by atoms with E-state index in [-0.39, 0.29) is 5.69 Å². The minimum absolute atomic E-state index is 0.100. The molecule has 0 aliphatic rings. The summed E-state index contributed by atoms with van der Waals surface area (Å²) in [5.41, 5.74) is 7.81. The summed E-state index contributed by atoms with van der Waals surface area (Å²) in [5, 5.41) is 9.10. The van der Waals surface area contributed by atoms with Crippen LogP contribution in [0.25, 0.3) is 11.3 Å². The maximum atomic E-state index is 11.1. The van der Waals surface area contributed by atoms with Crippen molar-refractivity contribution in [2.75, 3.05) is 0 Å². The van der Waals surface area contributed by atoms with Crippen LogP contribution in [-0.4, -0.2) is 21.0 Å². The fourth-order valence-corrected chi connectivity index (χ4v) is 1.77. The van der Waals surface area contributed by atoms with Crippen molar-refractivity contribution in [1.82, 2.24) is 9.97 Å². The number of aromatic nitrogens is 2. The Morgan fingerprint density at radius 2 is 2.18 bits per heavy atom. The Bertz CT molecular complexity index is 561. The fraction of sp³-hybridized carbons (Fsp3) is 0.167. The molecule has 0 amide bonds. The van der Waals surface area contributed by atoms with Crippen LogP contribution in [0, 0.1) is 6.92 Å². The van der Waals surface area contributed by atoms with Crippen molar-refractivity contribution in [3.63, 3.8) is 0 Å². The van der Waals surface area contributed by atoms with Crippen molar-refractivity contribution >= 4 is 5.97 Å². The van der Waals surface area contributed by atoms with Gasteiger partial charge in [0.2, 0.25) is 0 Å². The molecule has 1 heterocycles. The first-order valence-electron chi connectivity index (χ1n) is 5.21. The highest BCUT2D eigenvalue weighted by molar-refractivity contribution is 5.93. The molecule has 0 fully saturated rings. The van der Waals surface area contributed by atoms with Crippen LogP contribution in [0.2, 0.25) is 0 Å². The van der Waals surface area contributed by atoms with Crippen LogP contribution in [0.5, 0.6) is 0 Å². The van der Waals surface area contributed by atoms with Gasteiger partial charge in [-0.3, -0.25) is 0 Å². The maximum absolute atomic E-state index is 11.1. The van der Waals surface area contributed by atoms with E-state index >= 15 is 0 Å². The largest absolute Gasteiger partial charge is 0.477 e. The lowest BCUT2D eigenvalue weighted by atomic mass is 10.0. The van der Waals surface area contributed by atoms with Gasteiger partial charge in [-0.2, -0.15) is 0 Å². The lowest BCUT2D eigenvalue weighted by molar-refractivity contribution is 0.0692. The molecular weight excluding hydrogens is 218 g/mol. The van der Waals surface area contributed by atoms with Gasteiger partial charge in [0.25, 0.3) is 0 Å². The highest BCUT2D eigenvalue weighted by Crippen LogP contribution is 2.25.